The van der Waals surface area contributed by atoms with Crippen molar-refractivity contribution >= 4 is 34.8 Å². The molecule has 1 unspecified atom stereocenters. The maximum absolute atomic E-state index is 13.2. The van der Waals surface area contributed by atoms with E-state index in [-0.39, 0.29) is 5.82 Å². The van der Waals surface area contributed by atoms with Crippen LogP contribution in [0.2, 0.25) is 10.0 Å². The summed E-state index contributed by atoms with van der Waals surface area (Å²) in [6.07, 6.45) is 0. The number of benzene rings is 2. The monoisotopic (exact) mass is 332 g/mol. The fourth-order valence-corrected chi connectivity index (χ4v) is 2.71. The molecule has 20 heavy (non-hydrogen) atoms. The summed E-state index contributed by atoms with van der Waals surface area (Å²) in [4.78, 5) is 0. The molecule has 2 aromatic rings. The van der Waals surface area contributed by atoms with Gasteiger partial charge in [0.25, 0.3) is 0 Å². The summed E-state index contributed by atoms with van der Waals surface area (Å²) >= 11 is 18.7. The van der Waals surface area contributed by atoms with Crippen LogP contribution in [0.3, 0.4) is 0 Å². The average molecular weight is 334 g/mol. The van der Waals surface area contributed by atoms with Crippen LogP contribution in [0, 0.1) is 5.82 Å². The molecule has 1 nitrogen and oxygen atoms in total. The van der Waals surface area contributed by atoms with E-state index in [2.05, 4.69) is 0 Å². The normalized spacial score (nSPS) is 12.2. The van der Waals surface area contributed by atoms with Crippen LogP contribution in [0.25, 0.3) is 0 Å². The van der Waals surface area contributed by atoms with Crippen LogP contribution >= 0.6 is 34.8 Å². The Morgan fingerprint density at radius 2 is 1.90 bits per heavy atom. The van der Waals surface area contributed by atoms with Crippen LogP contribution in [0.15, 0.2) is 36.4 Å². The molecule has 0 aliphatic carbocycles. The highest BCUT2D eigenvalue weighted by atomic mass is 35.5. The van der Waals surface area contributed by atoms with E-state index in [1.54, 1.807) is 24.3 Å². The third-order valence-electron chi connectivity index (χ3n) is 2.77. The zero-order chi connectivity index (χ0) is 14.7. The van der Waals surface area contributed by atoms with Gasteiger partial charge in [-0.25, -0.2) is 4.39 Å². The summed E-state index contributed by atoms with van der Waals surface area (Å²) in [5.41, 5.74) is 1.24. The Morgan fingerprint density at radius 3 is 2.55 bits per heavy atom. The molecule has 2 aromatic carbocycles. The van der Waals surface area contributed by atoms with E-state index in [4.69, 9.17) is 39.5 Å². The molecule has 0 amide bonds. The summed E-state index contributed by atoms with van der Waals surface area (Å²) in [5.74, 6) is 0.160. The third kappa shape index (κ3) is 3.38. The van der Waals surface area contributed by atoms with Crippen LogP contribution in [-0.4, -0.2) is 6.61 Å². The minimum absolute atomic E-state index is 0.346. The highest BCUT2D eigenvalue weighted by Crippen LogP contribution is 2.39. The number of hydrogen-bond acceptors (Lipinski definition) is 1. The highest BCUT2D eigenvalue weighted by molar-refractivity contribution is 6.36. The molecule has 0 saturated carbocycles. The van der Waals surface area contributed by atoms with Crippen molar-refractivity contribution in [2.24, 2.45) is 0 Å². The van der Waals surface area contributed by atoms with Gasteiger partial charge in [-0.1, -0.05) is 35.3 Å². The van der Waals surface area contributed by atoms with Crippen LogP contribution < -0.4 is 4.74 Å². The van der Waals surface area contributed by atoms with Crippen molar-refractivity contribution in [3.63, 3.8) is 0 Å². The molecule has 0 N–H and O–H groups in total. The van der Waals surface area contributed by atoms with Gasteiger partial charge in [-0.3, -0.25) is 0 Å². The van der Waals surface area contributed by atoms with Gasteiger partial charge in [-0.05, 0) is 36.2 Å². The van der Waals surface area contributed by atoms with Crippen molar-refractivity contribution in [1.29, 1.82) is 0 Å². The number of alkyl halides is 1. The largest absolute Gasteiger partial charge is 0.492 e. The molecule has 0 spiro atoms. The number of rotatable bonds is 4. The summed E-state index contributed by atoms with van der Waals surface area (Å²) < 4.78 is 18.6. The summed E-state index contributed by atoms with van der Waals surface area (Å²) in [6.45, 7) is 2.35. The predicted molar refractivity (Wildman–Crippen MR) is 81.7 cm³/mol. The van der Waals surface area contributed by atoms with Gasteiger partial charge in [0.2, 0.25) is 0 Å². The van der Waals surface area contributed by atoms with Crippen LogP contribution in [-0.2, 0) is 0 Å². The van der Waals surface area contributed by atoms with E-state index in [1.807, 2.05) is 6.92 Å². The Morgan fingerprint density at radius 1 is 1.15 bits per heavy atom. The minimum atomic E-state index is -0.577. The van der Waals surface area contributed by atoms with Gasteiger partial charge in [0.15, 0.2) is 0 Å². The molecule has 2 rings (SSSR count). The van der Waals surface area contributed by atoms with Crippen LogP contribution in [0.4, 0.5) is 4.39 Å². The summed E-state index contributed by atoms with van der Waals surface area (Å²) in [7, 11) is 0. The first-order valence-electron chi connectivity index (χ1n) is 6.04. The first-order valence-corrected chi connectivity index (χ1v) is 7.23. The minimum Gasteiger partial charge on any atom is -0.492 e. The van der Waals surface area contributed by atoms with Gasteiger partial charge in [0.05, 0.1) is 17.0 Å². The average Bonchev–Trinajstić information content (AvgIpc) is 2.42. The Balaban J connectivity index is 2.40. The molecule has 0 bridgehead atoms. The van der Waals surface area contributed by atoms with E-state index >= 15 is 0 Å². The molecule has 0 radical (unpaired) electrons. The maximum atomic E-state index is 13.2. The maximum Gasteiger partial charge on any atom is 0.139 e. The summed E-state index contributed by atoms with van der Waals surface area (Å²) in [5, 5.41) is 0.279. The zero-order valence-corrected chi connectivity index (χ0v) is 12.9. The fraction of sp³-hybridized carbons (Fsp3) is 0.200. The molecule has 0 aliphatic rings. The third-order valence-corrected chi connectivity index (χ3v) is 3.88. The van der Waals surface area contributed by atoms with Gasteiger partial charge in [0, 0.05) is 11.1 Å². The van der Waals surface area contributed by atoms with Gasteiger partial charge in [-0.2, -0.15) is 0 Å². The lowest BCUT2D eigenvalue weighted by molar-refractivity contribution is 0.340. The number of halogens is 4. The lowest BCUT2D eigenvalue weighted by atomic mass is 10.0. The second kappa shape index (κ2) is 6.66. The molecule has 0 aliphatic heterocycles. The molecule has 5 heteroatoms. The SMILES string of the molecule is CCOc1cc(Cl)c(C(Cl)c2cccc(F)c2)cc1Cl. The fourth-order valence-electron chi connectivity index (χ4n) is 1.85. The Kier molecular flexibility index (Phi) is 5.14. The van der Waals surface area contributed by atoms with Crippen molar-refractivity contribution < 1.29 is 9.13 Å². The first kappa shape index (κ1) is 15.4. The summed E-state index contributed by atoms with van der Waals surface area (Å²) in [6, 6.07) is 9.35. The Bertz CT molecular complexity index is 616. The second-order valence-electron chi connectivity index (χ2n) is 4.15. The smallest absolute Gasteiger partial charge is 0.139 e. The topological polar surface area (TPSA) is 9.23 Å². The van der Waals surface area contributed by atoms with Gasteiger partial charge >= 0.3 is 0 Å². The van der Waals surface area contributed by atoms with Gasteiger partial charge in [0.1, 0.15) is 11.6 Å². The number of ether oxygens (including phenoxy) is 1. The van der Waals surface area contributed by atoms with Gasteiger partial charge < -0.3 is 4.74 Å². The predicted octanol–water partition coefficient (Wildman–Crippen LogP) is 5.86. The molecule has 106 valence electrons. The van der Waals surface area contributed by atoms with Crippen molar-refractivity contribution in [2.45, 2.75) is 12.3 Å². The van der Waals surface area contributed by atoms with Crippen molar-refractivity contribution in [1.82, 2.24) is 0 Å². The Labute approximate surface area is 132 Å². The first-order chi connectivity index (χ1) is 9.52. The lowest BCUT2D eigenvalue weighted by Crippen LogP contribution is -1.98. The molecular formula is C15H12Cl3FO. The highest BCUT2D eigenvalue weighted by Gasteiger charge is 2.17. The number of hydrogen-bond donors (Lipinski definition) is 0. The molecule has 1 atom stereocenters. The van der Waals surface area contributed by atoms with Crippen molar-refractivity contribution in [3.05, 3.63) is 63.4 Å². The quantitative estimate of drug-likeness (QED) is 0.637. The van der Waals surface area contributed by atoms with Crippen molar-refractivity contribution in [2.75, 3.05) is 6.61 Å². The standard InChI is InChI=1S/C15H12Cl3FO/c1-2-20-14-8-12(16)11(7-13(14)17)15(18)9-4-3-5-10(19)6-9/h3-8,15H,2H2,1H3. The molecule has 0 heterocycles. The lowest BCUT2D eigenvalue weighted by Gasteiger charge is -2.15. The van der Waals surface area contributed by atoms with E-state index < -0.39 is 5.38 Å². The molecule has 0 saturated heterocycles. The van der Waals surface area contributed by atoms with Crippen molar-refractivity contribution in [3.8, 4) is 5.75 Å². The molecular weight excluding hydrogens is 322 g/mol. The second-order valence-corrected chi connectivity index (χ2v) is 5.41. The van der Waals surface area contributed by atoms with Crippen LogP contribution in [0.1, 0.15) is 23.4 Å². The van der Waals surface area contributed by atoms with E-state index in [0.29, 0.717) is 33.5 Å². The van der Waals surface area contributed by atoms with E-state index in [1.165, 1.54) is 12.1 Å². The van der Waals surface area contributed by atoms with Gasteiger partial charge in [-0.15, -0.1) is 11.6 Å². The molecule has 0 aromatic heterocycles. The van der Waals surface area contributed by atoms with Crippen LogP contribution in [0.5, 0.6) is 5.75 Å². The zero-order valence-electron chi connectivity index (χ0n) is 10.7. The Hall–Kier alpha value is -0.960. The van der Waals surface area contributed by atoms with E-state index in [9.17, 15) is 4.39 Å². The van der Waals surface area contributed by atoms with E-state index in [0.717, 1.165) is 0 Å². The molecule has 0 fully saturated rings.